The van der Waals surface area contributed by atoms with Crippen molar-refractivity contribution in [3.8, 4) is 0 Å². The summed E-state index contributed by atoms with van der Waals surface area (Å²) in [5.41, 5.74) is 14.2. The van der Waals surface area contributed by atoms with Crippen molar-refractivity contribution < 1.29 is 48.9 Å². The van der Waals surface area contributed by atoms with Gasteiger partial charge in [-0.1, -0.05) is 109 Å². The largest absolute Gasteiger partial charge is 1.00 e. The minimum absolute atomic E-state index is 0. The highest BCUT2D eigenvalue weighted by atomic mass is 127. The van der Waals surface area contributed by atoms with Gasteiger partial charge in [0.2, 0.25) is 0 Å². The van der Waals surface area contributed by atoms with Crippen molar-refractivity contribution in [1.82, 2.24) is 34.2 Å². The summed E-state index contributed by atoms with van der Waals surface area (Å²) < 4.78 is 4.05. The van der Waals surface area contributed by atoms with Gasteiger partial charge >= 0.3 is 5.97 Å². The number of rotatable bonds is 11. The lowest BCUT2D eigenvalue weighted by molar-refractivity contribution is -0.0000397. The van der Waals surface area contributed by atoms with E-state index >= 15 is 0 Å². The smallest absolute Gasteiger partial charge is 0.356 e. The van der Waals surface area contributed by atoms with Gasteiger partial charge in [-0.25, -0.2) is 14.8 Å². The molecule has 1 amide bonds. The number of carboxylic acids is 1. The van der Waals surface area contributed by atoms with E-state index in [9.17, 15) is 19.8 Å². The van der Waals surface area contributed by atoms with Gasteiger partial charge in [0.25, 0.3) is 5.91 Å². The van der Waals surface area contributed by atoms with E-state index in [2.05, 4.69) is 115 Å². The highest BCUT2D eigenvalue weighted by Gasteiger charge is 2.26. The van der Waals surface area contributed by atoms with E-state index in [4.69, 9.17) is 10.8 Å². The summed E-state index contributed by atoms with van der Waals surface area (Å²) in [6.07, 6.45) is 8.30. The van der Waals surface area contributed by atoms with Gasteiger partial charge in [-0.3, -0.25) is 14.6 Å². The molecule has 0 fully saturated rings. The molecule has 0 radical (unpaired) electrons. The minimum Gasteiger partial charge on any atom is -1.00 e. The maximum Gasteiger partial charge on any atom is 0.356 e. The van der Waals surface area contributed by atoms with Gasteiger partial charge in [-0.2, -0.15) is 0 Å². The fraction of sp³-hybridized carbons (Fsp3) is 0.385. The van der Waals surface area contributed by atoms with Gasteiger partial charge in [0.1, 0.15) is 17.3 Å². The van der Waals surface area contributed by atoms with E-state index in [0.717, 1.165) is 89.4 Å². The van der Waals surface area contributed by atoms with E-state index in [1.54, 1.807) is 6.20 Å². The second kappa shape index (κ2) is 23.5. The number of carbonyl (C=O) groups excluding carboxylic acids is 1. The number of carboxylic acid groups (broad SMARTS) is 1. The molecule has 14 heteroatoms. The Kier molecular flexibility index (Phi) is 17.3. The average Bonchev–Trinajstić information content (AvgIpc) is 3.99. The van der Waals surface area contributed by atoms with Crippen LogP contribution in [0.5, 0.6) is 0 Å². The maximum absolute atomic E-state index is 12.7. The van der Waals surface area contributed by atoms with Crippen molar-refractivity contribution in [3.05, 3.63) is 178 Å². The predicted molar refractivity (Wildman–Crippen MR) is 251 cm³/mol. The lowest BCUT2D eigenvalue weighted by Crippen LogP contribution is -3.00. The molecule has 4 aromatic carbocycles. The zero-order valence-corrected chi connectivity index (χ0v) is 39.6. The maximum atomic E-state index is 12.7. The second-order valence-corrected chi connectivity index (χ2v) is 17.7. The summed E-state index contributed by atoms with van der Waals surface area (Å²) in [5, 5.41) is 31.8. The molecule has 0 aliphatic carbocycles. The van der Waals surface area contributed by atoms with Crippen LogP contribution in [-0.4, -0.2) is 108 Å². The molecule has 4 unspecified atom stereocenters. The number of aromatic nitrogens is 4. The lowest BCUT2D eigenvalue weighted by atomic mass is 9.90. The number of amides is 1. The first-order valence-corrected chi connectivity index (χ1v) is 23.1. The number of hydrogen-bond donors (Lipinski definition) is 5. The Morgan fingerprint density at radius 1 is 0.621 bits per heavy atom. The Balaban J connectivity index is 0.000000161. The SMILES string of the molecule is NCC(O)CN1CCc2ccccc2C1.O=C(NCC(O)CN1CCc2ccccc2C1)c1cn2c(n1)CC(c1ccccc1)CC2.O=C(O)c1cn2c(n1)CC(c1ccccc1)CC2.[I-]. The molecule has 13 nitrogen and oxygen atoms in total. The summed E-state index contributed by atoms with van der Waals surface area (Å²) in [4.78, 5) is 36.9. The first-order chi connectivity index (χ1) is 31.7. The lowest BCUT2D eigenvalue weighted by Gasteiger charge is -2.30. The number of aliphatic hydroxyl groups excluding tert-OH is 2. The Labute approximate surface area is 404 Å². The van der Waals surface area contributed by atoms with Gasteiger partial charge < -0.3 is 59.5 Å². The molecule has 10 rings (SSSR count). The highest BCUT2D eigenvalue weighted by Crippen LogP contribution is 2.30. The second-order valence-electron chi connectivity index (χ2n) is 17.7. The van der Waals surface area contributed by atoms with Crippen LogP contribution in [0.15, 0.2) is 122 Å². The Morgan fingerprint density at radius 2 is 1.06 bits per heavy atom. The number of fused-ring (bicyclic) bond motifs is 4. The number of nitrogens with two attached hydrogens (primary N) is 1. The third-order valence-corrected chi connectivity index (χ3v) is 13.1. The van der Waals surface area contributed by atoms with Crippen molar-refractivity contribution in [3.63, 3.8) is 0 Å². The third-order valence-electron chi connectivity index (χ3n) is 13.1. The van der Waals surface area contributed by atoms with Gasteiger partial charge in [0, 0.05) is 90.7 Å². The van der Waals surface area contributed by atoms with Gasteiger partial charge in [-0.05, 0) is 70.9 Å². The normalized spacial score (nSPS) is 18.5. The summed E-state index contributed by atoms with van der Waals surface area (Å²) >= 11 is 0. The van der Waals surface area contributed by atoms with Crippen molar-refractivity contribution in [2.45, 2.75) is 88.7 Å². The number of imidazole rings is 2. The van der Waals surface area contributed by atoms with Gasteiger partial charge in [0.15, 0.2) is 5.69 Å². The standard InChI is InChI=1S/C26H30N4O2.C14H14N2O2.C12H18N2O.HI/c31-23(17-29-12-10-20-8-4-5-9-22(20)16-29)15-27-26(32)24-18-30-13-11-21(14-25(30)28-24)19-6-2-1-3-7-19;17-14(18)12-9-16-7-6-11(8-13(16)15-12)10-4-2-1-3-5-10;13-7-12(15)9-14-6-5-10-3-1-2-4-11(10)8-14;/h1-9,18,21,23,31H,10-17H2,(H,27,32);1-5,9,11H,6-8H2,(H,17,18);1-4,12,15H,5-9,13H2;1H/p-1. The highest BCUT2D eigenvalue weighted by molar-refractivity contribution is 5.92. The van der Waals surface area contributed by atoms with Crippen molar-refractivity contribution in [1.29, 1.82) is 0 Å². The number of halogens is 1. The number of benzene rings is 4. The Morgan fingerprint density at radius 3 is 1.55 bits per heavy atom. The molecule has 4 aliphatic heterocycles. The summed E-state index contributed by atoms with van der Waals surface area (Å²) in [5.74, 6) is 1.57. The first kappa shape index (κ1) is 48.7. The fourth-order valence-corrected chi connectivity index (χ4v) is 9.54. The summed E-state index contributed by atoms with van der Waals surface area (Å²) in [7, 11) is 0. The van der Waals surface area contributed by atoms with Crippen LogP contribution in [0.4, 0.5) is 0 Å². The zero-order chi connectivity index (χ0) is 45.1. The zero-order valence-electron chi connectivity index (χ0n) is 37.5. The predicted octanol–water partition coefficient (Wildman–Crippen LogP) is 2.44. The molecule has 0 saturated carbocycles. The molecule has 0 saturated heterocycles. The van der Waals surface area contributed by atoms with Crippen LogP contribution in [0, 0.1) is 0 Å². The molecular weight excluding hydrogens is 944 g/mol. The molecule has 66 heavy (non-hydrogen) atoms. The molecule has 4 atom stereocenters. The number of carbonyl (C=O) groups is 2. The quantitative estimate of drug-likeness (QED) is 0.121. The first-order valence-electron chi connectivity index (χ1n) is 23.1. The number of hydrogen-bond acceptors (Lipinski definition) is 9. The van der Waals surface area contributed by atoms with Crippen LogP contribution < -0.4 is 35.0 Å². The number of aromatic carboxylic acids is 1. The number of nitrogens with zero attached hydrogens (tertiary/aromatic N) is 6. The molecule has 6 aromatic rings. The molecule has 2 aromatic heterocycles. The Bertz CT molecular complexity index is 2500. The van der Waals surface area contributed by atoms with Crippen LogP contribution in [0.1, 0.15) is 90.7 Å². The fourth-order valence-electron chi connectivity index (χ4n) is 9.54. The molecular formula is C52H62IN8O5-. The molecule has 0 spiro atoms. The van der Waals surface area contributed by atoms with Gasteiger partial charge in [-0.15, -0.1) is 0 Å². The monoisotopic (exact) mass is 1010 g/mol. The van der Waals surface area contributed by atoms with Crippen molar-refractivity contribution in [2.75, 3.05) is 39.3 Å². The van der Waals surface area contributed by atoms with E-state index in [-0.39, 0.29) is 42.1 Å². The van der Waals surface area contributed by atoms with E-state index in [0.29, 0.717) is 37.2 Å². The third kappa shape index (κ3) is 12.8. The average molecular weight is 1010 g/mol. The molecule has 348 valence electrons. The number of aliphatic hydroxyl groups is 2. The van der Waals surface area contributed by atoms with Gasteiger partial charge in [0.05, 0.1) is 12.2 Å². The topological polar surface area (TPSA) is 175 Å². The number of aryl methyl sites for hydroxylation is 2. The van der Waals surface area contributed by atoms with E-state index < -0.39 is 18.2 Å². The van der Waals surface area contributed by atoms with E-state index in [1.807, 2.05) is 35.0 Å². The summed E-state index contributed by atoms with van der Waals surface area (Å²) in [6, 6.07) is 37.8. The summed E-state index contributed by atoms with van der Waals surface area (Å²) in [6.45, 7) is 7.25. The van der Waals surface area contributed by atoms with Crippen LogP contribution in [0.3, 0.4) is 0 Å². The molecule has 0 bridgehead atoms. The van der Waals surface area contributed by atoms with Crippen LogP contribution in [0.2, 0.25) is 0 Å². The molecule has 6 heterocycles. The van der Waals surface area contributed by atoms with Crippen LogP contribution >= 0.6 is 0 Å². The van der Waals surface area contributed by atoms with E-state index in [1.165, 1.54) is 33.4 Å². The Hall–Kier alpha value is -5.23. The number of β-amino-alcohol motifs (C(OH)–C–C–N with tert-alkyl or cyclic N) is 2. The van der Waals surface area contributed by atoms with Crippen LogP contribution in [0.25, 0.3) is 0 Å². The minimum atomic E-state index is -0.951. The van der Waals surface area contributed by atoms with Crippen LogP contribution in [-0.2, 0) is 51.9 Å². The molecule has 4 aliphatic rings. The molecule has 6 N–H and O–H groups in total. The van der Waals surface area contributed by atoms with Crippen molar-refractivity contribution in [2.24, 2.45) is 5.73 Å². The number of nitrogens with one attached hydrogen (secondary N) is 1. The van der Waals surface area contributed by atoms with Crippen molar-refractivity contribution >= 4 is 11.9 Å².